The van der Waals surface area contributed by atoms with Crippen LogP contribution in [0.15, 0.2) is 0 Å². The van der Waals surface area contributed by atoms with Gasteiger partial charge in [0.05, 0.1) is 5.25 Å². The first-order valence-electron chi connectivity index (χ1n) is 4.96. The van der Waals surface area contributed by atoms with Crippen LogP contribution in [0.2, 0.25) is 0 Å². The van der Waals surface area contributed by atoms with Crippen molar-refractivity contribution in [3.63, 3.8) is 0 Å². The van der Waals surface area contributed by atoms with Crippen LogP contribution in [0.5, 0.6) is 0 Å². The average Bonchev–Trinajstić information content (AvgIpc) is 2.83. The minimum absolute atomic E-state index is 0.170. The van der Waals surface area contributed by atoms with Crippen molar-refractivity contribution in [3.8, 4) is 0 Å². The average molecular weight is 240 g/mol. The Morgan fingerprint density at radius 1 is 1.43 bits per heavy atom. The number of rotatable bonds is 6. The monoisotopic (exact) mass is 239 g/mol. The number of nitrogens with one attached hydrogen (secondary N) is 1. The lowest BCUT2D eigenvalue weighted by Crippen LogP contribution is -2.35. The summed E-state index contributed by atoms with van der Waals surface area (Å²) < 4.78 is 25.6. The van der Waals surface area contributed by atoms with Crippen LogP contribution in [0.25, 0.3) is 0 Å². The molecule has 5 heteroatoms. The van der Waals surface area contributed by atoms with Crippen LogP contribution in [0.1, 0.15) is 33.1 Å². The lowest BCUT2D eigenvalue weighted by Gasteiger charge is -2.16. The number of hydrogen-bond donors (Lipinski definition) is 1. The van der Waals surface area contributed by atoms with E-state index in [1.807, 2.05) is 0 Å². The standard InChI is InChI=1S/C9H18ClNO2S/c1-8(2)14(12,13)11-7-9(3-4-9)5-6-10/h8,11H,3-7H2,1-2H3. The van der Waals surface area contributed by atoms with Gasteiger partial charge in [-0.25, -0.2) is 13.1 Å². The second-order valence-electron chi connectivity index (χ2n) is 4.35. The van der Waals surface area contributed by atoms with Gasteiger partial charge < -0.3 is 0 Å². The van der Waals surface area contributed by atoms with E-state index in [0.29, 0.717) is 12.4 Å². The molecule has 1 aliphatic rings. The zero-order chi connectivity index (χ0) is 10.8. The molecule has 0 aromatic heterocycles. The maximum Gasteiger partial charge on any atom is 0.213 e. The molecule has 1 fully saturated rings. The molecule has 1 N–H and O–H groups in total. The molecule has 0 unspecified atom stereocenters. The fraction of sp³-hybridized carbons (Fsp3) is 1.00. The van der Waals surface area contributed by atoms with Crippen molar-refractivity contribution < 1.29 is 8.42 Å². The van der Waals surface area contributed by atoms with Crippen molar-refractivity contribution in [2.24, 2.45) is 5.41 Å². The summed E-state index contributed by atoms with van der Waals surface area (Å²) in [4.78, 5) is 0. The van der Waals surface area contributed by atoms with Crippen LogP contribution in [0, 0.1) is 5.41 Å². The molecule has 14 heavy (non-hydrogen) atoms. The van der Waals surface area contributed by atoms with E-state index in [0.717, 1.165) is 19.3 Å². The second-order valence-corrected chi connectivity index (χ2v) is 7.05. The summed E-state index contributed by atoms with van der Waals surface area (Å²) in [7, 11) is -3.10. The zero-order valence-corrected chi connectivity index (χ0v) is 10.3. The molecule has 1 aliphatic carbocycles. The summed E-state index contributed by atoms with van der Waals surface area (Å²) >= 11 is 5.66. The van der Waals surface area contributed by atoms with E-state index in [1.54, 1.807) is 13.8 Å². The first-order valence-corrected chi connectivity index (χ1v) is 7.04. The highest BCUT2D eigenvalue weighted by atomic mass is 35.5. The van der Waals surface area contributed by atoms with Gasteiger partial charge in [0.25, 0.3) is 0 Å². The summed E-state index contributed by atoms with van der Waals surface area (Å²) in [5.41, 5.74) is 0.170. The van der Waals surface area contributed by atoms with Crippen molar-refractivity contribution in [3.05, 3.63) is 0 Å². The van der Waals surface area contributed by atoms with E-state index < -0.39 is 10.0 Å². The van der Waals surface area contributed by atoms with Crippen molar-refractivity contribution in [2.45, 2.75) is 38.4 Å². The Morgan fingerprint density at radius 3 is 2.36 bits per heavy atom. The van der Waals surface area contributed by atoms with Crippen molar-refractivity contribution >= 4 is 21.6 Å². The summed E-state index contributed by atoms with van der Waals surface area (Å²) in [5, 5.41) is -0.352. The van der Waals surface area contributed by atoms with Crippen molar-refractivity contribution in [1.82, 2.24) is 4.72 Å². The molecule has 0 aliphatic heterocycles. The Kier molecular flexibility index (Phi) is 3.83. The van der Waals surface area contributed by atoms with Crippen LogP contribution >= 0.6 is 11.6 Å². The van der Waals surface area contributed by atoms with Gasteiger partial charge in [-0.1, -0.05) is 0 Å². The highest BCUT2D eigenvalue weighted by Gasteiger charge is 2.42. The van der Waals surface area contributed by atoms with E-state index in [9.17, 15) is 8.42 Å². The molecule has 1 saturated carbocycles. The molecule has 0 heterocycles. The normalized spacial score (nSPS) is 20.0. The largest absolute Gasteiger partial charge is 0.214 e. The molecule has 3 nitrogen and oxygen atoms in total. The van der Waals surface area contributed by atoms with Crippen LogP contribution in [0.3, 0.4) is 0 Å². The van der Waals surface area contributed by atoms with E-state index >= 15 is 0 Å². The molecule has 0 radical (unpaired) electrons. The van der Waals surface area contributed by atoms with Gasteiger partial charge in [0.1, 0.15) is 0 Å². The van der Waals surface area contributed by atoms with Gasteiger partial charge in [-0.2, -0.15) is 0 Å². The molecule has 0 bridgehead atoms. The quantitative estimate of drug-likeness (QED) is 0.718. The van der Waals surface area contributed by atoms with Crippen LogP contribution < -0.4 is 4.72 Å². The molecule has 0 saturated heterocycles. The second kappa shape index (κ2) is 4.37. The molecule has 0 aromatic rings. The highest BCUT2D eigenvalue weighted by molar-refractivity contribution is 7.90. The lowest BCUT2D eigenvalue weighted by atomic mass is 10.1. The van der Waals surface area contributed by atoms with Crippen LogP contribution in [0.4, 0.5) is 0 Å². The minimum Gasteiger partial charge on any atom is -0.214 e. The summed E-state index contributed by atoms with van der Waals surface area (Å²) in [5.74, 6) is 0.614. The van der Waals surface area contributed by atoms with Crippen LogP contribution in [-0.4, -0.2) is 26.1 Å². The lowest BCUT2D eigenvalue weighted by molar-refractivity contribution is 0.476. The number of alkyl halides is 1. The molecule has 0 spiro atoms. The summed E-state index contributed by atoms with van der Waals surface area (Å²) in [6, 6.07) is 0. The van der Waals surface area contributed by atoms with Gasteiger partial charge in [-0.05, 0) is 38.5 Å². The molecule has 0 amide bonds. The van der Waals surface area contributed by atoms with Gasteiger partial charge in [0.2, 0.25) is 10.0 Å². The van der Waals surface area contributed by atoms with Gasteiger partial charge in [0, 0.05) is 12.4 Å². The molecule has 0 aromatic carbocycles. The first-order chi connectivity index (χ1) is 6.42. The number of sulfonamides is 1. The fourth-order valence-electron chi connectivity index (χ4n) is 1.31. The summed E-state index contributed by atoms with van der Waals surface area (Å²) in [6.07, 6.45) is 3.11. The van der Waals surface area contributed by atoms with Crippen molar-refractivity contribution in [1.29, 1.82) is 0 Å². The third-order valence-corrected chi connectivity index (χ3v) is 4.83. The third kappa shape index (κ3) is 3.11. The van der Waals surface area contributed by atoms with Crippen molar-refractivity contribution in [2.75, 3.05) is 12.4 Å². The molecular formula is C9H18ClNO2S. The molecule has 1 rings (SSSR count). The molecule has 0 atom stereocenters. The highest BCUT2D eigenvalue weighted by Crippen LogP contribution is 2.48. The maximum atomic E-state index is 11.5. The predicted molar refractivity (Wildman–Crippen MR) is 59.1 cm³/mol. The number of hydrogen-bond acceptors (Lipinski definition) is 2. The molecule has 84 valence electrons. The Bertz CT molecular complexity index is 283. The predicted octanol–water partition coefficient (Wildman–Crippen LogP) is 1.72. The van der Waals surface area contributed by atoms with Gasteiger partial charge in [0.15, 0.2) is 0 Å². The Balaban J connectivity index is 2.41. The van der Waals surface area contributed by atoms with E-state index in [4.69, 9.17) is 11.6 Å². The van der Waals surface area contributed by atoms with E-state index in [2.05, 4.69) is 4.72 Å². The third-order valence-electron chi connectivity index (χ3n) is 2.85. The SMILES string of the molecule is CC(C)S(=O)(=O)NCC1(CCCl)CC1. The topological polar surface area (TPSA) is 46.2 Å². The fourth-order valence-corrected chi connectivity index (χ4v) is 2.55. The maximum absolute atomic E-state index is 11.5. The smallest absolute Gasteiger partial charge is 0.213 e. The molecular weight excluding hydrogens is 222 g/mol. The van der Waals surface area contributed by atoms with Gasteiger partial charge in [-0.15, -0.1) is 11.6 Å². The summed E-state index contributed by atoms with van der Waals surface area (Å²) in [6.45, 7) is 3.92. The minimum atomic E-state index is -3.10. The van der Waals surface area contributed by atoms with Gasteiger partial charge in [-0.3, -0.25) is 0 Å². The Labute approximate surface area is 91.3 Å². The first kappa shape index (κ1) is 12.3. The van der Waals surface area contributed by atoms with E-state index in [-0.39, 0.29) is 10.7 Å². The number of halogens is 1. The van der Waals surface area contributed by atoms with E-state index in [1.165, 1.54) is 0 Å². The van der Waals surface area contributed by atoms with Gasteiger partial charge >= 0.3 is 0 Å². The van der Waals surface area contributed by atoms with Crippen LogP contribution in [-0.2, 0) is 10.0 Å². The Hall–Kier alpha value is 0.200. The zero-order valence-electron chi connectivity index (χ0n) is 8.72. The Morgan fingerprint density at radius 2 is 2.00 bits per heavy atom.